The van der Waals surface area contributed by atoms with Gasteiger partial charge in [-0.3, -0.25) is 4.79 Å². The largest absolute Gasteiger partial charge is 0.422 e. The lowest BCUT2D eigenvalue weighted by Gasteiger charge is -2.34. The maximum atomic E-state index is 12.8. The molecule has 1 aliphatic heterocycles. The van der Waals surface area contributed by atoms with Crippen molar-refractivity contribution in [1.29, 1.82) is 0 Å². The van der Waals surface area contributed by atoms with E-state index in [2.05, 4.69) is 27.0 Å². The number of oxazole rings is 1. The maximum absolute atomic E-state index is 12.8. The van der Waals surface area contributed by atoms with Crippen LogP contribution in [0.3, 0.4) is 0 Å². The van der Waals surface area contributed by atoms with Crippen LogP contribution in [0.1, 0.15) is 17.9 Å². The van der Waals surface area contributed by atoms with Gasteiger partial charge in [-0.25, -0.2) is 4.98 Å². The monoisotopic (exact) mass is 348 g/mol. The summed E-state index contributed by atoms with van der Waals surface area (Å²) in [7, 11) is 0. The molecule has 2 aromatic heterocycles. The van der Waals surface area contributed by atoms with Gasteiger partial charge in [-0.05, 0) is 30.0 Å². The van der Waals surface area contributed by atoms with E-state index in [0.717, 1.165) is 19.5 Å². The van der Waals surface area contributed by atoms with Crippen LogP contribution in [0.5, 0.6) is 0 Å². The summed E-state index contributed by atoms with van der Waals surface area (Å²) in [5, 5.41) is 0. The van der Waals surface area contributed by atoms with Crippen molar-refractivity contribution in [3.63, 3.8) is 0 Å². The van der Waals surface area contributed by atoms with E-state index in [4.69, 9.17) is 4.42 Å². The molecular formula is C20H20N4O2. The van der Waals surface area contributed by atoms with Gasteiger partial charge in [0, 0.05) is 38.3 Å². The van der Waals surface area contributed by atoms with Crippen LogP contribution in [0, 0.1) is 5.92 Å². The van der Waals surface area contributed by atoms with Crippen LogP contribution in [0.4, 0.5) is 6.01 Å². The summed E-state index contributed by atoms with van der Waals surface area (Å²) in [4.78, 5) is 25.5. The number of carbonyl (C=O) groups is 1. The van der Waals surface area contributed by atoms with E-state index >= 15 is 0 Å². The van der Waals surface area contributed by atoms with Crippen molar-refractivity contribution in [2.75, 3.05) is 31.1 Å². The van der Waals surface area contributed by atoms with Crippen molar-refractivity contribution in [1.82, 2.24) is 14.9 Å². The lowest BCUT2D eigenvalue weighted by Crippen LogP contribution is -2.49. The van der Waals surface area contributed by atoms with E-state index in [1.165, 1.54) is 5.56 Å². The average Bonchev–Trinajstić information content (AvgIpc) is 3.39. The topological polar surface area (TPSA) is 62.5 Å². The molecule has 1 saturated heterocycles. The van der Waals surface area contributed by atoms with Crippen LogP contribution >= 0.6 is 0 Å². The summed E-state index contributed by atoms with van der Waals surface area (Å²) in [6, 6.07) is 14.7. The molecule has 2 aliphatic rings. The first-order valence-electron chi connectivity index (χ1n) is 9.10. The second kappa shape index (κ2) is 6.12. The summed E-state index contributed by atoms with van der Waals surface area (Å²) >= 11 is 0. The number of nitrogens with zero attached hydrogens (tertiary/aromatic N) is 4. The summed E-state index contributed by atoms with van der Waals surface area (Å²) < 4.78 is 5.79. The fourth-order valence-electron chi connectivity index (χ4n) is 3.78. The highest BCUT2D eigenvalue weighted by molar-refractivity contribution is 5.83. The van der Waals surface area contributed by atoms with E-state index in [1.54, 1.807) is 6.20 Å². The van der Waals surface area contributed by atoms with E-state index in [-0.39, 0.29) is 11.8 Å². The Balaban J connectivity index is 1.21. The molecule has 6 heteroatoms. The molecule has 3 aromatic rings. The molecule has 1 saturated carbocycles. The molecule has 2 fully saturated rings. The highest BCUT2D eigenvalue weighted by Crippen LogP contribution is 2.48. The number of carbonyl (C=O) groups excluding carboxylic acids is 1. The first kappa shape index (κ1) is 15.4. The number of aromatic nitrogens is 2. The summed E-state index contributed by atoms with van der Waals surface area (Å²) in [5.41, 5.74) is 2.61. The van der Waals surface area contributed by atoms with Gasteiger partial charge >= 0.3 is 0 Å². The van der Waals surface area contributed by atoms with Crippen LogP contribution in [0.2, 0.25) is 0 Å². The highest BCUT2D eigenvalue weighted by Gasteiger charge is 2.46. The average molecular weight is 348 g/mol. The number of hydrogen-bond acceptors (Lipinski definition) is 5. The number of fused-ring (bicyclic) bond motifs is 1. The molecule has 1 amide bonds. The minimum atomic E-state index is 0.150. The standard InChI is InChI=1S/C20H20N4O2/c25-19(16-13-15(16)14-5-2-1-3-6-14)23-9-11-24(12-10-23)20-22-18-17(26-20)7-4-8-21-18/h1-8,15-16H,9-13H2. The van der Waals surface area contributed by atoms with Crippen LogP contribution in [0.25, 0.3) is 11.2 Å². The van der Waals surface area contributed by atoms with E-state index < -0.39 is 0 Å². The normalized spacial score (nSPS) is 22.6. The minimum Gasteiger partial charge on any atom is -0.422 e. The second-order valence-corrected chi connectivity index (χ2v) is 6.99. The highest BCUT2D eigenvalue weighted by atomic mass is 16.4. The molecule has 2 atom stereocenters. The van der Waals surface area contributed by atoms with Crippen molar-refractivity contribution in [2.45, 2.75) is 12.3 Å². The fraction of sp³-hybridized carbons (Fsp3) is 0.350. The SMILES string of the molecule is O=C(C1CC1c1ccccc1)N1CCN(c2nc3ncccc3o2)CC1. The third-order valence-corrected chi connectivity index (χ3v) is 5.35. The minimum absolute atomic E-state index is 0.150. The first-order chi connectivity index (χ1) is 12.8. The zero-order chi connectivity index (χ0) is 17.5. The molecule has 0 radical (unpaired) electrons. The Morgan fingerprint density at radius 3 is 2.62 bits per heavy atom. The van der Waals surface area contributed by atoms with Crippen molar-refractivity contribution in [3.05, 3.63) is 54.2 Å². The molecule has 0 N–H and O–H groups in total. The summed E-state index contributed by atoms with van der Waals surface area (Å²) in [6.45, 7) is 2.90. The van der Waals surface area contributed by atoms with Gasteiger partial charge in [0.2, 0.25) is 11.6 Å². The quantitative estimate of drug-likeness (QED) is 0.728. The maximum Gasteiger partial charge on any atom is 0.300 e. The Morgan fingerprint density at radius 2 is 1.85 bits per heavy atom. The molecule has 0 bridgehead atoms. The molecule has 2 unspecified atom stereocenters. The predicted octanol–water partition coefficient (Wildman–Crippen LogP) is 2.68. The van der Waals surface area contributed by atoms with E-state index in [0.29, 0.717) is 36.3 Å². The molecule has 26 heavy (non-hydrogen) atoms. The molecule has 1 aromatic carbocycles. The lowest BCUT2D eigenvalue weighted by molar-refractivity contribution is -0.133. The Kier molecular flexibility index (Phi) is 3.62. The van der Waals surface area contributed by atoms with Gasteiger partial charge in [0.25, 0.3) is 6.01 Å². The van der Waals surface area contributed by atoms with Crippen molar-refractivity contribution in [3.8, 4) is 0 Å². The van der Waals surface area contributed by atoms with Crippen molar-refractivity contribution >= 4 is 23.2 Å². The number of amides is 1. The summed E-state index contributed by atoms with van der Waals surface area (Å²) in [6.07, 6.45) is 2.68. The number of benzene rings is 1. The number of anilines is 1. The predicted molar refractivity (Wildman–Crippen MR) is 97.9 cm³/mol. The number of piperazine rings is 1. The van der Waals surface area contributed by atoms with Crippen LogP contribution in [-0.4, -0.2) is 47.0 Å². The Labute approximate surface area is 151 Å². The third kappa shape index (κ3) is 2.71. The molecule has 6 nitrogen and oxygen atoms in total. The van der Waals surface area contributed by atoms with Gasteiger partial charge in [0.05, 0.1) is 0 Å². The van der Waals surface area contributed by atoms with Crippen molar-refractivity contribution in [2.24, 2.45) is 5.92 Å². The molecule has 3 heterocycles. The van der Waals surface area contributed by atoms with Gasteiger partial charge in [-0.1, -0.05) is 30.3 Å². The number of hydrogen-bond donors (Lipinski definition) is 0. The lowest BCUT2D eigenvalue weighted by atomic mass is 10.1. The summed E-state index contributed by atoms with van der Waals surface area (Å²) in [5.74, 6) is 0.833. The van der Waals surface area contributed by atoms with Crippen LogP contribution in [0.15, 0.2) is 53.1 Å². The zero-order valence-corrected chi connectivity index (χ0v) is 14.4. The molecule has 5 rings (SSSR count). The molecule has 0 spiro atoms. The van der Waals surface area contributed by atoms with Gasteiger partial charge in [-0.15, -0.1) is 0 Å². The zero-order valence-electron chi connectivity index (χ0n) is 14.4. The van der Waals surface area contributed by atoms with E-state index in [1.807, 2.05) is 35.2 Å². The van der Waals surface area contributed by atoms with Gasteiger partial charge < -0.3 is 14.2 Å². The molecule has 1 aliphatic carbocycles. The number of pyridine rings is 1. The molecule has 132 valence electrons. The van der Waals surface area contributed by atoms with E-state index in [9.17, 15) is 4.79 Å². The smallest absolute Gasteiger partial charge is 0.300 e. The Hall–Kier alpha value is -2.89. The van der Waals surface area contributed by atoms with Crippen molar-refractivity contribution < 1.29 is 9.21 Å². The van der Waals surface area contributed by atoms with Crippen LogP contribution in [-0.2, 0) is 4.79 Å². The number of rotatable bonds is 3. The molecular weight excluding hydrogens is 328 g/mol. The Morgan fingerprint density at radius 1 is 1.04 bits per heavy atom. The van der Waals surface area contributed by atoms with Gasteiger partial charge in [-0.2, -0.15) is 4.98 Å². The fourth-order valence-corrected chi connectivity index (χ4v) is 3.78. The second-order valence-electron chi connectivity index (χ2n) is 6.99. The van der Waals surface area contributed by atoms with Gasteiger partial charge in [0.15, 0.2) is 5.58 Å². The van der Waals surface area contributed by atoms with Crippen LogP contribution < -0.4 is 4.90 Å². The Bertz CT molecular complexity index is 898. The third-order valence-electron chi connectivity index (χ3n) is 5.35. The van der Waals surface area contributed by atoms with Gasteiger partial charge in [0.1, 0.15) is 0 Å². The first-order valence-corrected chi connectivity index (χ1v) is 9.10.